The lowest BCUT2D eigenvalue weighted by Crippen LogP contribution is -2.23. The monoisotopic (exact) mass is 383 g/mol. The van der Waals surface area contributed by atoms with Gasteiger partial charge in [-0.1, -0.05) is 29.3 Å². The molecular formula is C15H15Cl2N5O3. The number of fused-ring (bicyclic) bond motifs is 1. The smallest absolute Gasteiger partial charge is 0.278 e. The van der Waals surface area contributed by atoms with Gasteiger partial charge in [0.25, 0.3) is 5.56 Å². The lowest BCUT2D eigenvalue weighted by molar-refractivity contribution is 0.149. The van der Waals surface area contributed by atoms with E-state index in [0.717, 1.165) is 5.56 Å². The lowest BCUT2D eigenvalue weighted by atomic mass is 10.2. The molecule has 0 fully saturated rings. The van der Waals surface area contributed by atoms with E-state index in [1.165, 1.54) is 10.9 Å². The number of aliphatic hydroxyl groups is 2. The SMILES string of the molecule is O=c1[nH]c(NCc2ccc(Cl)c(Cl)c2)nc2cnn(C(CO)CO)c12. The van der Waals surface area contributed by atoms with Crippen LogP contribution in [0.1, 0.15) is 11.6 Å². The van der Waals surface area contributed by atoms with Crippen LogP contribution in [0.5, 0.6) is 0 Å². The van der Waals surface area contributed by atoms with Crippen LogP contribution in [0.15, 0.2) is 29.2 Å². The Morgan fingerprint density at radius 3 is 2.68 bits per heavy atom. The average molecular weight is 384 g/mol. The summed E-state index contributed by atoms with van der Waals surface area (Å²) < 4.78 is 1.27. The van der Waals surface area contributed by atoms with Crippen molar-refractivity contribution in [3.8, 4) is 0 Å². The number of halogens is 2. The Kier molecular flexibility index (Phi) is 5.24. The normalized spacial score (nSPS) is 11.4. The van der Waals surface area contributed by atoms with E-state index in [1.54, 1.807) is 12.1 Å². The molecule has 132 valence electrons. The zero-order valence-electron chi connectivity index (χ0n) is 12.9. The van der Waals surface area contributed by atoms with Crippen LogP contribution in [-0.2, 0) is 6.54 Å². The van der Waals surface area contributed by atoms with Crippen LogP contribution in [0.4, 0.5) is 5.95 Å². The predicted molar refractivity (Wildman–Crippen MR) is 95.1 cm³/mol. The van der Waals surface area contributed by atoms with Crippen molar-refractivity contribution >= 4 is 40.2 Å². The minimum Gasteiger partial charge on any atom is -0.394 e. The highest BCUT2D eigenvalue weighted by Crippen LogP contribution is 2.23. The highest BCUT2D eigenvalue weighted by atomic mass is 35.5. The Morgan fingerprint density at radius 2 is 2.00 bits per heavy atom. The van der Waals surface area contributed by atoms with E-state index >= 15 is 0 Å². The van der Waals surface area contributed by atoms with Gasteiger partial charge in [-0.05, 0) is 17.7 Å². The van der Waals surface area contributed by atoms with Crippen molar-refractivity contribution < 1.29 is 10.2 Å². The summed E-state index contributed by atoms with van der Waals surface area (Å²) in [6.07, 6.45) is 1.41. The maximum atomic E-state index is 12.3. The Balaban J connectivity index is 1.86. The van der Waals surface area contributed by atoms with Gasteiger partial charge in [-0.2, -0.15) is 5.10 Å². The maximum absolute atomic E-state index is 12.3. The number of nitrogens with zero attached hydrogens (tertiary/aromatic N) is 3. The molecular weight excluding hydrogens is 369 g/mol. The van der Waals surface area contributed by atoms with E-state index in [0.29, 0.717) is 22.1 Å². The van der Waals surface area contributed by atoms with Crippen LogP contribution in [0.3, 0.4) is 0 Å². The fourth-order valence-corrected chi connectivity index (χ4v) is 2.70. The second-order valence-corrected chi connectivity index (χ2v) is 6.17. The largest absolute Gasteiger partial charge is 0.394 e. The van der Waals surface area contributed by atoms with E-state index in [9.17, 15) is 15.0 Å². The number of aromatic amines is 1. The molecule has 0 aliphatic carbocycles. The number of hydrogen-bond acceptors (Lipinski definition) is 6. The Labute approximate surface area is 152 Å². The first-order chi connectivity index (χ1) is 12.0. The molecule has 8 nitrogen and oxygen atoms in total. The zero-order valence-corrected chi connectivity index (χ0v) is 14.4. The molecule has 0 unspecified atom stereocenters. The number of aromatic nitrogens is 4. The number of anilines is 1. The standard InChI is InChI=1S/C15H15Cl2N5O3/c16-10-2-1-8(3-11(10)17)4-18-15-20-12-5-19-22(9(6-23)7-24)13(12)14(25)21-15/h1-3,5,9,23-24H,4,6-7H2,(H2,18,20,21,25). The molecule has 3 rings (SSSR count). The molecule has 10 heteroatoms. The molecule has 0 aliphatic rings. The molecule has 0 aliphatic heterocycles. The van der Waals surface area contributed by atoms with Gasteiger partial charge in [0.15, 0.2) is 5.52 Å². The first kappa shape index (κ1) is 17.7. The van der Waals surface area contributed by atoms with Crippen molar-refractivity contribution in [3.05, 3.63) is 50.4 Å². The second kappa shape index (κ2) is 7.40. The van der Waals surface area contributed by atoms with Gasteiger partial charge in [-0.3, -0.25) is 9.78 Å². The van der Waals surface area contributed by atoms with Gasteiger partial charge in [0.1, 0.15) is 5.52 Å². The quantitative estimate of drug-likeness (QED) is 0.513. The molecule has 25 heavy (non-hydrogen) atoms. The number of nitrogens with one attached hydrogen (secondary N) is 2. The highest BCUT2D eigenvalue weighted by molar-refractivity contribution is 6.42. The third kappa shape index (κ3) is 3.62. The molecule has 0 saturated carbocycles. The van der Waals surface area contributed by atoms with Gasteiger partial charge < -0.3 is 15.5 Å². The van der Waals surface area contributed by atoms with E-state index in [-0.39, 0.29) is 24.7 Å². The summed E-state index contributed by atoms with van der Waals surface area (Å²) in [6.45, 7) is -0.302. The van der Waals surface area contributed by atoms with Gasteiger partial charge in [-0.25, -0.2) is 9.67 Å². The van der Waals surface area contributed by atoms with Gasteiger partial charge >= 0.3 is 0 Å². The van der Waals surface area contributed by atoms with Crippen LogP contribution in [-0.4, -0.2) is 43.2 Å². The van der Waals surface area contributed by atoms with Crippen LogP contribution < -0.4 is 10.9 Å². The number of aliphatic hydroxyl groups excluding tert-OH is 2. The van der Waals surface area contributed by atoms with Crippen LogP contribution in [0.25, 0.3) is 11.0 Å². The molecule has 0 radical (unpaired) electrons. The van der Waals surface area contributed by atoms with E-state index < -0.39 is 11.6 Å². The third-order valence-electron chi connectivity index (χ3n) is 3.67. The van der Waals surface area contributed by atoms with E-state index in [2.05, 4.69) is 20.4 Å². The minimum absolute atomic E-state index is 0.188. The molecule has 0 bridgehead atoms. The summed E-state index contributed by atoms with van der Waals surface area (Å²) in [7, 11) is 0. The topological polar surface area (TPSA) is 116 Å². The van der Waals surface area contributed by atoms with Crippen LogP contribution in [0, 0.1) is 0 Å². The van der Waals surface area contributed by atoms with Gasteiger partial charge in [0.05, 0.1) is 35.5 Å². The predicted octanol–water partition coefficient (Wildman–Crippen LogP) is 1.56. The third-order valence-corrected chi connectivity index (χ3v) is 4.41. The first-order valence-electron chi connectivity index (χ1n) is 7.40. The summed E-state index contributed by atoms with van der Waals surface area (Å²) in [6, 6.07) is 4.52. The van der Waals surface area contributed by atoms with Crippen LogP contribution in [0.2, 0.25) is 10.0 Å². The van der Waals surface area contributed by atoms with Crippen molar-refractivity contribution in [1.82, 2.24) is 19.7 Å². The molecule has 0 amide bonds. The summed E-state index contributed by atoms with van der Waals surface area (Å²) >= 11 is 11.9. The minimum atomic E-state index is -0.699. The van der Waals surface area contributed by atoms with Crippen molar-refractivity contribution in [2.45, 2.75) is 12.6 Å². The maximum Gasteiger partial charge on any atom is 0.278 e. The summed E-state index contributed by atoms with van der Waals surface area (Å²) in [4.78, 5) is 19.2. The first-order valence-corrected chi connectivity index (χ1v) is 8.16. The molecule has 2 heterocycles. The Bertz CT molecular complexity index is 952. The molecule has 3 aromatic rings. The zero-order chi connectivity index (χ0) is 18.0. The number of rotatable bonds is 6. The van der Waals surface area contributed by atoms with Gasteiger partial charge in [0.2, 0.25) is 5.95 Å². The summed E-state index contributed by atoms with van der Waals surface area (Å²) in [5, 5.41) is 26.5. The van der Waals surface area contributed by atoms with Gasteiger partial charge in [-0.15, -0.1) is 0 Å². The highest BCUT2D eigenvalue weighted by Gasteiger charge is 2.17. The van der Waals surface area contributed by atoms with Crippen molar-refractivity contribution in [1.29, 1.82) is 0 Å². The molecule has 4 N–H and O–H groups in total. The Morgan fingerprint density at radius 1 is 1.24 bits per heavy atom. The van der Waals surface area contributed by atoms with Crippen molar-refractivity contribution in [3.63, 3.8) is 0 Å². The summed E-state index contributed by atoms with van der Waals surface area (Å²) in [5.74, 6) is 0.271. The molecule has 0 saturated heterocycles. The van der Waals surface area contributed by atoms with Crippen molar-refractivity contribution in [2.24, 2.45) is 0 Å². The lowest BCUT2D eigenvalue weighted by Gasteiger charge is -2.12. The molecule has 2 aromatic heterocycles. The molecule has 1 aromatic carbocycles. The second-order valence-electron chi connectivity index (χ2n) is 5.36. The fourth-order valence-electron chi connectivity index (χ4n) is 2.38. The molecule has 0 atom stereocenters. The van der Waals surface area contributed by atoms with Gasteiger partial charge in [0, 0.05) is 6.54 Å². The fraction of sp³-hybridized carbons (Fsp3) is 0.267. The Hall–Kier alpha value is -2.13. The van der Waals surface area contributed by atoms with E-state index in [1.807, 2.05) is 6.07 Å². The number of benzene rings is 1. The average Bonchev–Trinajstić information content (AvgIpc) is 3.02. The van der Waals surface area contributed by atoms with Crippen LogP contribution >= 0.6 is 23.2 Å². The molecule has 0 spiro atoms. The summed E-state index contributed by atoms with van der Waals surface area (Å²) in [5.41, 5.74) is 0.986. The number of H-pyrrole nitrogens is 1. The van der Waals surface area contributed by atoms with E-state index in [4.69, 9.17) is 23.2 Å². The number of hydrogen-bond donors (Lipinski definition) is 4. The van der Waals surface area contributed by atoms with Crippen molar-refractivity contribution in [2.75, 3.05) is 18.5 Å².